The van der Waals surface area contributed by atoms with E-state index in [2.05, 4.69) is 15.5 Å². The third-order valence-electron chi connectivity index (χ3n) is 5.41. The van der Waals surface area contributed by atoms with Gasteiger partial charge in [0.2, 0.25) is 11.0 Å². The number of amides is 1. The number of anilines is 1. The summed E-state index contributed by atoms with van der Waals surface area (Å²) >= 11 is 1.35. The van der Waals surface area contributed by atoms with Gasteiger partial charge in [0, 0.05) is 24.9 Å². The number of hydrogen-bond donors (Lipinski definition) is 2. The van der Waals surface area contributed by atoms with Crippen molar-refractivity contribution in [1.29, 1.82) is 0 Å². The number of benzene rings is 1. The van der Waals surface area contributed by atoms with Gasteiger partial charge in [-0.2, -0.15) is 0 Å². The van der Waals surface area contributed by atoms with Crippen molar-refractivity contribution in [1.82, 2.24) is 10.2 Å². The molecular formula is C19H27ClN4O3S. The molecule has 2 aromatic rings. The van der Waals surface area contributed by atoms with Gasteiger partial charge in [0.05, 0.1) is 13.2 Å². The summed E-state index contributed by atoms with van der Waals surface area (Å²) in [5.74, 6) is 0.555. The number of aromatic nitrogens is 2. The highest BCUT2D eigenvalue weighted by Crippen LogP contribution is 2.50. The summed E-state index contributed by atoms with van der Waals surface area (Å²) in [6.07, 6.45) is 1.10. The summed E-state index contributed by atoms with van der Waals surface area (Å²) in [6.45, 7) is 6.48. The van der Waals surface area contributed by atoms with E-state index in [4.69, 9.17) is 15.2 Å². The van der Waals surface area contributed by atoms with E-state index >= 15 is 0 Å². The molecule has 9 heteroatoms. The summed E-state index contributed by atoms with van der Waals surface area (Å²) in [7, 11) is 1.64. The van der Waals surface area contributed by atoms with Crippen LogP contribution in [0.5, 0.6) is 5.75 Å². The highest BCUT2D eigenvalue weighted by Gasteiger charge is 2.63. The fourth-order valence-corrected chi connectivity index (χ4v) is 4.13. The number of nitrogens with one attached hydrogen (secondary N) is 1. The van der Waals surface area contributed by atoms with E-state index in [1.807, 2.05) is 45.0 Å². The third kappa shape index (κ3) is 4.15. The van der Waals surface area contributed by atoms with Crippen molar-refractivity contribution < 1.29 is 14.3 Å². The molecule has 1 aliphatic carbocycles. The summed E-state index contributed by atoms with van der Waals surface area (Å²) < 4.78 is 10.9. The molecule has 1 aromatic carbocycles. The number of methoxy groups -OCH3 is 1. The van der Waals surface area contributed by atoms with Crippen molar-refractivity contribution in [3.63, 3.8) is 0 Å². The number of nitrogens with two attached hydrogens (primary N) is 1. The monoisotopic (exact) mass is 426 g/mol. The minimum absolute atomic E-state index is 0. The van der Waals surface area contributed by atoms with Crippen LogP contribution in [0.15, 0.2) is 24.3 Å². The Bertz CT molecular complexity index is 829. The molecule has 1 aromatic heterocycles. The van der Waals surface area contributed by atoms with Gasteiger partial charge in [0.25, 0.3) is 0 Å². The van der Waals surface area contributed by atoms with Gasteiger partial charge in [-0.25, -0.2) is 0 Å². The molecule has 2 unspecified atom stereocenters. The number of rotatable bonds is 7. The Morgan fingerprint density at radius 1 is 1.39 bits per heavy atom. The van der Waals surface area contributed by atoms with Crippen molar-refractivity contribution in [3.8, 4) is 5.75 Å². The number of halogens is 1. The Kier molecular flexibility index (Phi) is 7.03. The highest BCUT2D eigenvalue weighted by atomic mass is 35.5. The van der Waals surface area contributed by atoms with E-state index in [1.54, 1.807) is 7.11 Å². The quantitative estimate of drug-likeness (QED) is 0.705. The predicted octanol–water partition coefficient (Wildman–Crippen LogP) is 3.03. The molecule has 2 atom stereocenters. The van der Waals surface area contributed by atoms with E-state index in [9.17, 15) is 4.79 Å². The molecule has 1 saturated carbocycles. The van der Waals surface area contributed by atoms with Gasteiger partial charge in [-0.15, -0.1) is 22.6 Å². The zero-order valence-electron chi connectivity index (χ0n) is 16.5. The van der Waals surface area contributed by atoms with Gasteiger partial charge >= 0.3 is 0 Å². The second-order valence-corrected chi connectivity index (χ2v) is 8.39. The molecule has 0 bridgehead atoms. The van der Waals surface area contributed by atoms with Crippen LogP contribution in [0, 0.1) is 5.41 Å². The first-order chi connectivity index (χ1) is 12.8. The van der Waals surface area contributed by atoms with E-state index in [0.717, 1.165) is 16.3 Å². The standard InChI is InChI=1S/C19H26N4O3S.ClH/c1-5-26-14-11-19(20,18(14,2)3)16(24)21-17-23-22-15(27-17)10-12-7-6-8-13(9-12)25-4;/h6-9,14H,5,10-11,20H2,1-4H3,(H,21,23,24);1H. The highest BCUT2D eigenvalue weighted by molar-refractivity contribution is 7.15. The van der Waals surface area contributed by atoms with Gasteiger partial charge in [-0.1, -0.05) is 37.3 Å². The Balaban J connectivity index is 0.00000280. The molecule has 0 spiro atoms. The first kappa shape index (κ1) is 22.5. The van der Waals surface area contributed by atoms with Crippen LogP contribution in [-0.2, 0) is 16.0 Å². The lowest BCUT2D eigenvalue weighted by atomic mass is 9.54. The Hall–Kier alpha value is -1.74. The van der Waals surface area contributed by atoms with Crippen LogP contribution in [0.4, 0.5) is 5.13 Å². The topological polar surface area (TPSA) is 99.4 Å². The molecule has 28 heavy (non-hydrogen) atoms. The molecule has 1 amide bonds. The van der Waals surface area contributed by atoms with Gasteiger partial charge in [0.1, 0.15) is 16.3 Å². The summed E-state index contributed by atoms with van der Waals surface area (Å²) in [5, 5.41) is 12.4. The number of carbonyl (C=O) groups excluding carboxylic acids is 1. The Morgan fingerprint density at radius 2 is 2.14 bits per heavy atom. The normalized spacial score (nSPS) is 22.7. The second-order valence-electron chi connectivity index (χ2n) is 7.32. The van der Waals surface area contributed by atoms with Crippen molar-refractivity contribution in [2.24, 2.45) is 11.1 Å². The predicted molar refractivity (Wildman–Crippen MR) is 112 cm³/mol. The molecule has 1 heterocycles. The first-order valence-electron chi connectivity index (χ1n) is 8.97. The van der Waals surface area contributed by atoms with Gasteiger partial charge in [-0.05, 0) is 24.6 Å². The molecule has 1 aliphatic rings. The summed E-state index contributed by atoms with van der Waals surface area (Å²) in [6, 6.07) is 7.79. The Morgan fingerprint density at radius 3 is 2.79 bits per heavy atom. The number of hydrogen-bond acceptors (Lipinski definition) is 7. The molecule has 1 fully saturated rings. The van der Waals surface area contributed by atoms with Crippen LogP contribution < -0.4 is 15.8 Å². The SMILES string of the molecule is CCOC1CC(N)(C(=O)Nc2nnc(Cc3cccc(OC)c3)s2)C1(C)C.Cl. The van der Waals surface area contributed by atoms with Crippen molar-refractivity contribution in [3.05, 3.63) is 34.8 Å². The lowest BCUT2D eigenvalue weighted by molar-refractivity contribution is -0.166. The average Bonchev–Trinajstić information content (AvgIpc) is 3.08. The molecule has 7 nitrogen and oxygen atoms in total. The maximum Gasteiger partial charge on any atom is 0.247 e. The van der Waals surface area contributed by atoms with E-state index < -0.39 is 11.0 Å². The van der Waals surface area contributed by atoms with Crippen molar-refractivity contribution in [2.45, 2.75) is 45.3 Å². The number of carbonyl (C=O) groups is 1. The van der Waals surface area contributed by atoms with Crippen LogP contribution in [0.1, 0.15) is 37.8 Å². The summed E-state index contributed by atoms with van der Waals surface area (Å²) in [5.41, 5.74) is 6.05. The first-order valence-corrected chi connectivity index (χ1v) is 9.79. The number of nitrogens with zero attached hydrogens (tertiary/aromatic N) is 2. The largest absolute Gasteiger partial charge is 0.497 e. The fourth-order valence-electron chi connectivity index (χ4n) is 3.36. The molecule has 0 saturated heterocycles. The molecule has 154 valence electrons. The van der Waals surface area contributed by atoms with E-state index in [0.29, 0.717) is 24.6 Å². The average molecular weight is 427 g/mol. The van der Waals surface area contributed by atoms with Crippen molar-refractivity contribution in [2.75, 3.05) is 19.0 Å². The van der Waals surface area contributed by atoms with Gasteiger partial charge in [-0.3, -0.25) is 10.1 Å². The lowest BCUT2D eigenvalue weighted by Gasteiger charge is -2.57. The molecule has 0 aliphatic heterocycles. The molecule has 3 rings (SSSR count). The number of ether oxygens (including phenoxy) is 2. The van der Waals surface area contributed by atoms with Crippen molar-refractivity contribution >= 4 is 34.8 Å². The van der Waals surface area contributed by atoms with Gasteiger partial charge < -0.3 is 15.2 Å². The molecular weight excluding hydrogens is 400 g/mol. The van der Waals surface area contributed by atoms with Crippen LogP contribution >= 0.6 is 23.7 Å². The third-order valence-corrected chi connectivity index (χ3v) is 6.25. The van der Waals surface area contributed by atoms with Crippen LogP contribution in [0.25, 0.3) is 0 Å². The van der Waals surface area contributed by atoms with Crippen LogP contribution in [0.2, 0.25) is 0 Å². The van der Waals surface area contributed by atoms with E-state index in [-0.39, 0.29) is 24.4 Å². The van der Waals surface area contributed by atoms with E-state index in [1.165, 1.54) is 11.3 Å². The minimum atomic E-state index is -0.981. The fraction of sp³-hybridized carbons (Fsp3) is 0.526. The maximum atomic E-state index is 12.8. The second kappa shape index (κ2) is 8.73. The smallest absolute Gasteiger partial charge is 0.247 e. The van der Waals surface area contributed by atoms with Crippen LogP contribution in [-0.4, -0.2) is 41.5 Å². The lowest BCUT2D eigenvalue weighted by Crippen LogP contribution is -2.74. The Labute approximate surface area is 175 Å². The minimum Gasteiger partial charge on any atom is -0.497 e. The van der Waals surface area contributed by atoms with Crippen LogP contribution in [0.3, 0.4) is 0 Å². The molecule has 0 radical (unpaired) electrons. The molecule has 3 N–H and O–H groups in total. The summed E-state index contributed by atoms with van der Waals surface area (Å²) in [4.78, 5) is 12.8. The maximum absolute atomic E-state index is 12.8. The van der Waals surface area contributed by atoms with Gasteiger partial charge in [0.15, 0.2) is 0 Å². The zero-order valence-corrected chi connectivity index (χ0v) is 18.2. The zero-order chi connectivity index (χ0) is 19.7.